The molecule has 0 saturated carbocycles. The molecule has 1 amide bonds. The van der Waals surface area contributed by atoms with Crippen LogP contribution in [0.5, 0.6) is 11.5 Å². The molecule has 3 aromatic carbocycles. The Hall–Kier alpha value is -3.58. The maximum Gasteiger partial charge on any atom is 0.295 e. The maximum atomic E-state index is 13.2. The average molecular weight is 520 g/mol. The molecular weight excluding hydrogens is 498 g/mol. The molecular formula is C27H22BrNO5. The minimum absolute atomic E-state index is 0.0628. The molecule has 172 valence electrons. The van der Waals surface area contributed by atoms with Crippen LogP contribution in [-0.4, -0.2) is 41.5 Å². The number of nitrogens with zero attached hydrogens (tertiary/aromatic N) is 1. The van der Waals surface area contributed by atoms with Crippen LogP contribution in [0.1, 0.15) is 22.7 Å². The molecule has 7 heteroatoms. The summed E-state index contributed by atoms with van der Waals surface area (Å²) in [5, 5.41) is 11.3. The topological polar surface area (TPSA) is 76.1 Å². The molecule has 6 nitrogen and oxygen atoms in total. The Morgan fingerprint density at radius 2 is 1.71 bits per heavy atom. The minimum atomic E-state index is -0.714. The van der Waals surface area contributed by atoms with Gasteiger partial charge in [-0.2, -0.15) is 0 Å². The summed E-state index contributed by atoms with van der Waals surface area (Å²) in [4.78, 5) is 27.9. The number of ketones is 1. The van der Waals surface area contributed by atoms with Gasteiger partial charge in [0.25, 0.3) is 11.7 Å². The van der Waals surface area contributed by atoms with E-state index >= 15 is 0 Å². The van der Waals surface area contributed by atoms with E-state index in [1.807, 2.05) is 54.6 Å². The normalized spacial score (nSPS) is 18.9. The number of Topliss-reactive ketones (excluding diaryl/α,β-unsaturated/α-hetero) is 1. The Morgan fingerprint density at radius 3 is 2.47 bits per heavy atom. The van der Waals surface area contributed by atoms with E-state index in [2.05, 4.69) is 15.9 Å². The van der Waals surface area contributed by atoms with Crippen molar-refractivity contribution < 1.29 is 24.2 Å². The Morgan fingerprint density at radius 1 is 0.941 bits per heavy atom. The summed E-state index contributed by atoms with van der Waals surface area (Å²) in [6, 6.07) is 21.5. The van der Waals surface area contributed by atoms with Crippen LogP contribution in [0.3, 0.4) is 0 Å². The summed E-state index contributed by atoms with van der Waals surface area (Å²) < 4.78 is 12.0. The Balaban J connectivity index is 1.58. The summed E-state index contributed by atoms with van der Waals surface area (Å²) in [6.07, 6.45) is 0.586. The third kappa shape index (κ3) is 4.19. The van der Waals surface area contributed by atoms with Crippen LogP contribution in [0, 0.1) is 0 Å². The molecule has 0 spiro atoms. The standard InChI is InChI=1S/C27H22BrNO5/c28-20-8-4-7-18(15-20)24-23(25(30)19-9-10-21-22(16-19)34-14-13-33-21)26(31)27(32)29(24)12-11-17-5-2-1-3-6-17/h1-10,15-16,24,30H,11-14H2/t24-/m1/s1. The van der Waals surface area contributed by atoms with E-state index in [4.69, 9.17) is 9.47 Å². The number of amides is 1. The fourth-order valence-corrected chi connectivity index (χ4v) is 4.79. The second-order valence-corrected chi connectivity index (χ2v) is 9.06. The molecule has 2 heterocycles. The largest absolute Gasteiger partial charge is 0.507 e. The number of fused-ring (bicyclic) bond motifs is 1. The van der Waals surface area contributed by atoms with Gasteiger partial charge >= 0.3 is 0 Å². The van der Waals surface area contributed by atoms with Crippen molar-refractivity contribution in [1.29, 1.82) is 0 Å². The molecule has 1 fully saturated rings. The van der Waals surface area contributed by atoms with Gasteiger partial charge in [0.2, 0.25) is 0 Å². The number of hydrogen-bond donors (Lipinski definition) is 1. The zero-order valence-corrected chi connectivity index (χ0v) is 19.8. The summed E-state index contributed by atoms with van der Waals surface area (Å²) in [7, 11) is 0. The molecule has 2 aliphatic rings. The number of hydrogen-bond acceptors (Lipinski definition) is 5. The van der Waals surface area contributed by atoms with E-state index in [1.54, 1.807) is 23.1 Å². The van der Waals surface area contributed by atoms with E-state index in [-0.39, 0.29) is 11.3 Å². The molecule has 0 aliphatic carbocycles. The fourth-order valence-electron chi connectivity index (χ4n) is 4.37. The summed E-state index contributed by atoms with van der Waals surface area (Å²) in [5.74, 6) is -0.491. The molecule has 5 rings (SSSR count). The van der Waals surface area contributed by atoms with Gasteiger partial charge < -0.3 is 19.5 Å². The number of likely N-dealkylation sites (tertiary alicyclic amines) is 1. The van der Waals surface area contributed by atoms with E-state index in [0.717, 1.165) is 15.6 Å². The lowest BCUT2D eigenvalue weighted by Gasteiger charge is -2.25. The summed E-state index contributed by atoms with van der Waals surface area (Å²) in [6.45, 7) is 1.19. The van der Waals surface area contributed by atoms with Crippen LogP contribution in [0.25, 0.3) is 5.76 Å². The monoisotopic (exact) mass is 519 g/mol. The van der Waals surface area contributed by atoms with Gasteiger partial charge in [-0.1, -0.05) is 58.4 Å². The first-order valence-electron chi connectivity index (χ1n) is 11.0. The average Bonchev–Trinajstić information content (AvgIpc) is 3.12. The molecule has 2 aliphatic heterocycles. The number of ether oxygens (including phenoxy) is 2. The van der Waals surface area contributed by atoms with Gasteiger partial charge in [-0.25, -0.2) is 0 Å². The van der Waals surface area contributed by atoms with Crippen LogP contribution in [0.4, 0.5) is 0 Å². The highest BCUT2D eigenvalue weighted by atomic mass is 79.9. The predicted octanol–water partition coefficient (Wildman–Crippen LogP) is 4.88. The van der Waals surface area contributed by atoms with Crippen LogP contribution in [0.2, 0.25) is 0 Å². The highest BCUT2D eigenvalue weighted by molar-refractivity contribution is 9.10. The van der Waals surface area contributed by atoms with Crippen molar-refractivity contribution in [1.82, 2.24) is 4.90 Å². The van der Waals surface area contributed by atoms with Gasteiger partial charge in [-0.3, -0.25) is 9.59 Å². The molecule has 1 N–H and O–H groups in total. The molecule has 34 heavy (non-hydrogen) atoms. The van der Waals surface area contributed by atoms with Gasteiger partial charge in [-0.05, 0) is 47.9 Å². The van der Waals surface area contributed by atoms with Crippen molar-refractivity contribution in [2.45, 2.75) is 12.5 Å². The lowest BCUT2D eigenvalue weighted by Crippen LogP contribution is -2.31. The third-order valence-electron chi connectivity index (χ3n) is 6.00. The van der Waals surface area contributed by atoms with Crippen LogP contribution in [0.15, 0.2) is 82.8 Å². The van der Waals surface area contributed by atoms with E-state index < -0.39 is 17.7 Å². The molecule has 1 atom stereocenters. The summed E-state index contributed by atoms with van der Waals surface area (Å²) >= 11 is 3.48. The second-order valence-electron chi connectivity index (χ2n) is 8.14. The van der Waals surface area contributed by atoms with Crippen LogP contribution < -0.4 is 9.47 Å². The molecule has 0 bridgehead atoms. The number of benzene rings is 3. The molecule has 0 unspecified atom stereocenters. The SMILES string of the molecule is O=C1C(=O)N(CCc2ccccc2)[C@H](c2cccc(Br)c2)C1=C(O)c1ccc2c(c1)OCCO2. The quantitative estimate of drug-likeness (QED) is 0.295. The van der Waals surface area contributed by atoms with E-state index in [9.17, 15) is 14.7 Å². The molecule has 1 saturated heterocycles. The minimum Gasteiger partial charge on any atom is -0.507 e. The zero-order chi connectivity index (χ0) is 23.7. The van der Waals surface area contributed by atoms with Crippen molar-refractivity contribution in [3.8, 4) is 11.5 Å². The number of aliphatic hydroxyl groups is 1. The number of carbonyl (C=O) groups excluding carboxylic acids is 2. The van der Waals surface area contributed by atoms with Gasteiger partial charge in [0.05, 0.1) is 11.6 Å². The molecule has 0 aromatic heterocycles. The first-order chi connectivity index (χ1) is 16.5. The highest BCUT2D eigenvalue weighted by Crippen LogP contribution is 2.41. The number of aliphatic hydroxyl groups excluding tert-OH is 1. The number of halogens is 1. The molecule has 3 aromatic rings. The van der Waals surface area contributed by atoms with Gasteiger partial charge in [0.1, 0.15) is 19.0 Å². The van der Waals surface area contributed by atoms with Gasteiger partial charge in [0, 0.05) is 16.6 Å². The zero-order valence-electron chi connectivity index (χ0n) is 18.2. The smallest absolute Gasteiger partial charge is 0.295 e. The van der Waals surface area contributed by atoms with Crippen molar-refractivity contribution in [3.05, 3.63) is 99.5 Å². The highest BCUT2D eigenvalue weighted by Gasteiger charge is 2.46. The summed E-state index contributed by atoms with van der Waals surface area (Å²) in [5.41, 5.74) is 2.25. The van der Waals surface area contributed by atoms with Crippen molar-refractivity contribution in [2.75, 3.05) is 19.8 Å². The van der Waals surface area contributed by atoms with E-state index in [1.165, 1.54) is 0 Å². The van der Waals surface area contributed by atoms with E-state index in [0.29, 0.717) is 43.2 Å². The van der Waals surface area contributed by atoms with Crippen molar-refractivity contribution >= 4 is 33.4 Å². The number of carbonyl (C=O) groups is 2. The molecule has 0 radical (unpaired) electrons. The van der Waals surface area contributed by atoms with Crippen molar-refractivity contribution in [2.24, 2.45) is 0 Å². The Bertz CT molecular complexity index is 1290. The second kappa shape index (κ2) is 9.35. The van der Waals surface area contributed by atoms with Crippen LogP contribution in [-0.2, 0) is 16.0 Å². The van der Waals surface area contributed by atoms with Gasteiger partial charge in [0.15, 0.2) is 11.5 Å². The lowest BCUT2D eigenvalue weighted by atomic mass is 9.95. The fraction of sp³-hybridized carbons (Fsp3) is 0.185. The Kier molecular flexibility index (Phi) is 6.11. The first kappa shape index (κ1) is 22.2. The van der Waals surface area contributed by atoms with Gasteiger partial charge in [-0.15, -0.1) is 0 Å². The van der Waals surface area contributed by atoms with Crippen LogP contribution >= 0.6 is 15.9 Å². The predicted molar refractivity (Wildman–Crippen MR) is 131 cm³/mol. The first-order valence-corrected chi connectivity index (χ1v) is 11.8. The third-order valence-corrected chi connectivity index (χ3v) is 6.50. The maximum absolute atomic E-state index is 13.2. The van der Waals surface area contributed by atoms with Crippen molar-refractivity contribution in [3.63, 3.8) is 0 Å². The lowest BCUT2D eigenvalue weighted by molar-refractivity contribution is -0.139. The Labute approximate surface area is 205 Å². The number of rotatable bonds is 5.